The van der Waals surface area contributed by atoms with Crippen LogP contribution in [0.2, 0.25) is 0 Å². The van der Waals surface area contributed by atoms with E-state index in [0.717, 1.165) is 82.5 Å². The summed E-state index contributed by atoms with van der Waals surface area (Å²) in [5.41, 5.74) is 2.85. The van der Waals surface area contributed by atoms with E-state index < -0.39 is 12.0 Å². The number of pyridine rings is 1. The molecule has 3 aliphatic rings. The molecule has 0 saturated heterocycles. The summed E-state index contributed by atoms with van der Waals surface area (Å²) in [6.07, 6.45) is 13.1. The third-order valence-corrected chi connectivity index (χ3v) is 8.41. The zero-order chi connectivity index (χ0) is 25.5. The number of unbranched alkanes of at least 4 members (excludes halogenated alkanes) is 1. The van der Waals surface area contributed by atoms with Crippen molar-refractivity contribution in [1.29, 1.82) is 0 Å². The Morgan fingerprint density at radius 1 is 1.17 bits per heavy atom. The van der Waals surface area contributed by atoms with Gasteiger partial charge in [0.1, 0.15) is 11.9 Å². The Hall–Kier alpha value is -2.15. The number of fused-ring (bicyclic) bond motifs is 1. The van der Waals surface area contributed by atoms with E-state index in [9.17, 15) is 14.7 Å². The minimum absolute atomic E-state index is 0.0999. The van der Waals surface area contributed by atoms with Crippen LogP contribution in [0, 0.1) is 11.3 Å². The molecular formula is C29H46N4O3. The molecule has 1 atom stereocenters. The number of carbonyl (C=O) groups excluding carboxylic acids is 1. The normalized spacial score (nSPS) is 20.4. The number of anilines is 1. The Kier molecular flexibility index (Phi) is 9.26. The molecule has 2 fully saturated rings. The SMILES string of the molecule is CC1(C)CCC(CC(=O)N[C@@H](CCN(CCCCc2ccc3c(n2)NCCC3)C2CC2)C(=O)O)CC1. The molecular weight excluding hydrogens is 452 g/mol. The van der Waals surface area contributed by atoms with Crippen LogP contribution < -0.4 is 10.6 Å². The maximum absolute atomic E-state index is 12.6. The minimum atomic E-state index is -0.920. The number of amides is 1. The molecule has 1 aromatic rings. The molecule has 2 saturated carbocycles. The van der Waals surface area contributed by atoms with Gasteiger partial charge in [-0.25, -0.2) is 9.78 Å². The van der Waals surface area contributed by atoms with Gasteiger partial charge in [-0.3, -0.25) is 4.79 Å². The monoisotopic (exact) mass is 498 g/mol. The molecule has 1 aliphatic heterocycles. The number of carbonyl (C=O) groups is 2. The fourth-order valence-corrected chi connectivity index (χ4v) is 5.78. The van der Waals surface area contributed by atoms with Gasteiger partial charge in [-0.15, -0.1) is 0 Å². The maximum Gasteiger partial charge on any atom is 0.326 e. The highest BCUT2D eigenvalue weighted by molar-refractivity contribution is 5.83. The number of hydrogen-bond donors (Lipinski definition) is 3. The summed E-state index contributed by atoms with van der Waals surface area (Å²) in [6, 6.07) is 4.16. The standard InChI is InChI=1S/C29H46N4O3/c1-29(2)15-12-21(13-16-29)20-26(34)32-25(28(35)36)14-19-33(24-10-11-24)18-4-3-7-23-9-8-22-6-5-17-30-27(22)31-23/h8-9,21,24-25H,3-7,10-20H2,1-2H3,(H,30,31)(H,32,34)(H,35,36)/t25-/m0/s1. The molecule has 1 amide bonds. The number of carboxylic acid groups (broad SMARTS) is 1. The lowest BCUT2D eigenvalue weighted by molar-refractivity contribution is -0.142. The lowest BCUT2D eigenvalue weighted by Crippen LogP contribution is -2.44. The Labute approximate surface area is 216 Å². The van der Waals surface area contributed by atoms with Gasteiger partial charge in [-0.2, -0.15) is 0 Å². The first-order valence-electron chi connectivity index (χ1n) is 14.3. The van der Waals surface area contributed by atoms with Gasteiger partial charge in [-0.05, 0) is 107 Å². The summed E-state index contributed by atoms with van der Waals surface area (Å²) in [7, 11) is 0. The molecule has 1 aromatic heterocycles. The summed E-state index contributed by atoms with van der Waals surface area (Å²) < 4.78 is 0. The molecule has 0 bridgehead atoms. The van der Waals surface area contributed by atoms with Crippen LogP contribution in [0.5, 0.6) is 0 Å². The molecule has 4 rings (SSSR count). The van der Waals surface area contributed by atoms with E-state index in [2.05, 4.69) is 41.5 Å². The van der Waals surface area contributed by atoms with Gasteiger partial charge >= 0.3 is 5.97 Å². The minimum Gasteiger partial charge on any atom is -0.480 e. The van der Waals surface area contributed by atoms with Gasteiger partial charge in [-0.1, -0.05) is 19.9 Å². The van der Waals surface area contributed by atoms with Crippen LogP contribution in [0.3, 0.4) is 0 Å². The van der Waals surface area contributed by atoms with Crippen molar-refractivity contribution >= 4 is 17.7 Å². The van der Waals surface area contributed by atoms with Gasteiger partial charge in [0.25, 0.3) is 0 Å². The number of nitrogens with one attached hydrogen (secondary N) is 2. The molecule has 7 nitrogen and oxygen atoms in total. The van der Waals surface area contributed by atoms with Gasteiger partial charge < -0.3 is 20.6 Å². The number of aromatic nitrogens is 1. The largest absolute Gasteiger partial charge is 0.480 e. The van der Waals surface area contributed by atoms with E-state index in [1.807, 2.05) is 0 Å². The van der Waals surface area contributed by atoms with Crippen LogP contribution in [-0.2, 0) is 22.4 Å². The van der Waals surface area contributed by atoms with Crippen molar-refractivity contribution in [2.45, 2.75) is 109 Å². The average Bonchev–Trinajstić information content (AvgIpc) is 3.69. The van der Waals surface area contributed by atoms with Crippen molar-refractivity contribution in [1.82, 2.24) is 15.2 Å². The molecule has 2 heterocycles. The van der Waals surface area contributed by atoms with Gasteiger partial charge in [0, 0.05) is 31.2 Å². The highest BCUT2D eigenvalue weighted by Gasteiger charge is 2.31. The van der Waals surface area contributed by atoms with Crippen molar-refractivity contribution in [2.75, 3.05) is 25.0 Å². The molecule has 3 N–H and O–H groups in total. The van der Waals surface area contributed by atoms with Crippen molar-refractivity contribution in [2.24, 2.45) is 11.3 Å². The highest BCUT2D eigenvalue weighted by Crippen LogP contribution is 2.39. The first-order valence-corrected chi connectivity index (χ1v) is 14.3. The number of aliphatic carboxylic acids is 1. The van der Waals surface area contributed by atoms with Crippen LogP contribution in [0.4, 0.5) is 5.82 Å². The lowest BCUT2D eigenvalue weighted by atomic mass is 9.72. The van der Waals surface area contributed by atoms with Crippen LogP contribution in [0.25, 0.3) is 0 Å². The zero-order valence-electron chi connectivity index (χ0n) is 22.4. The molecule has 2 aliphatic carbocycles. The maximum atomic E-state index is 12.6. The van der Waals surface area contributed by atoms with Crippen molar-refractivity contribution in [3.05, 3.63) is 23.4 Å². The first kappa shape index (κ1) is 26.9. The van der Waals surface area contributed by atoms with Crippen molar-refractivity contribution in [3.63, 3.8) is 0 Å². The number of hydrogen-bond acceptors (Lipinski definition) is 5. The first-order chi connectivity index (χ1) is 17.3. The fraction of sp³-hybridized carbons (Fsp3) is 0.759. The van der Waals surface area contributed by atoms with E-state index in [1.54, 1.807) is 0 Å². The van der Waals surface area contributed by atoms with E-state index >= 15 is 0 Å². The Morgan fingerprint density at radius 3 is 2.67 bits per heavy atom. The number of carboxylic acids is 1. The number of rotatable bonds is 13. The third kappa shape index (κ3) is 8.19. The van der Waals surface area contributed by atoms with Crippen molar-refractivity contribution in [3.8, 4) is 0 Å². The third-order valence-electron chi connectivity index (χ3n) is 8.41. The number of aryl methyl sites for hydroxylation is 2. The molecule has 36 heavy (non-hydrogen) atoms. The second kappa shape index (κ2) is 12.4. The summed E-state index contributed by atoms with van der Waals surface area (Å²) in [6.45, 7) is 7.29. The van der Waals surface area contributed by atoms with E-state index in [-0.39, 0.29) is 5.91 Å². The molecule has 0 aromatic carbocycles. The van der Waals surface area contributed by atoms with Gasteiger partial charge in [0.05, 0.1) is 0 Å². The second-order valence-electron chi connectivity index (χ2n) is 12.1. The summed E-state index contributed by atoms with van der Waals surface area (Å²) >= 11 is 0. The number of nitrogens with zero attached hydrogens (tertiary/aromatic N) is 2. The zero-order valence-corrected chi connectivity index (χ0v) is 22.4. The predicted molar refractivity (Wildman–Crippen MR) is 143 cm³/mol. The molecule has 0 unspecified atom stereocenters. The molecule has 7 heteroatoms. The summed E-state index contributed by atoms with van der Waals surface area (Å²) in [5, 5.41) is 16.0. The topological polar surface area (TPSA) is 94.6 Å². The van der Waals surface area contributed by atoms with Gasteiger partial charge in [0.15, 0.2) is 0 Å². The van der Waals surface area contributed by atoms with E-state index in [0.29, 0.717) is 30.2 Å². The molecule has 0 radical (unpaired) electrons. The second-order valence-corrected chi connectivity index (χ2v) is 12.1. The van der Waals surface area contributed by atoms with E-state index in [1.165, 1.54) is 24.8 Å². The fourth-order valence-electron chi connectivity index (χ4n) is 5.78. The highest BCUT2D eigenvalue weighted by atomic mass is 16.4. The Morgan fingerprint density at radius 2 is 1.94 bits per heavy atom. The molecule has 0 spiro atoms. The van der Waals surface area contributed by atoms with Crippen LogP contribution >= 0.6 is 0 Å². The van der Waals surface area contributed by atoms with Gasteiger partial charge in [0.2, 0.25) is 5.91 Å². The lowest BCUT2D eigenvalue weighted by Gasteiger charge is -2.34. The van der Waals surface area contributed by atoms with Crippen LogP contribution in [0.1, 0.15) is 95.7 Å². The quantitative estimate of drug-likeness (QED) is 0.339. The van der Waals surface area contributed by atoms with Crippen molar-refractivity contribution < 1.29 is 14.7 Å². The Bertz CT molecular complexity index is 889. The summed E-state index contributed by atoms with van der Waals surface area (Å²) in [4.78, 5) is 31.7. The summed E-state index contributed by atoms with van der Waals surface area (Å²) in [5.74, 6) is 0.427. The average molecular weight is 499 g/mol. The molecule has 200 valence electrons. The van der Waals surface area contributed by atoms with Crippen LogP contribution in [0.15, 0.2) is 12.1 Å². The van der Waals surface area contributed by atoms with Crippen LogP contribution in [-0.4, -0.2) is 58.6 Å². The van der Waals surface area contributed by atoms with E-state index in [4.69, 9.17) is 4.98 Å². The smallest absolute Gasteiger partial charge is 0.326 e. The predicted octanol–water partition coefficient (Wildman–Crippen LogP) is 4.79. The Balaban J connectivity index is 1.18.